The molecule has 2 N–H and O–H groups in total. The van der Waals surface area contributed by atoms with E-state index in [0.29, 0.717) is 31.0 Å². The average molecular weight is 549 g/mol. The maximum absolute atomic E-state index is 12.4. The first-order valence-corrected chi connectivity index (χ1v) is 9.77. The number of halogens is 4. The second kappa shape index (κ2) is 9.94. The quantitative estimate of drug-likeness (QED) is 0.365. The van der Waals surface area contributed by atoms with E-state index in [1.165, 1.54) is 18.2 Å². The number of rotatable bonds is 6. The van der Waals surface area contributed by atoms with Gasteiger partial charge in [-0.25, -0.2) is 4.79 Å². The van der Waals surface area contributed by atoms with Crippen LogP contribution in [0, 0.1) is 11.3 Å². The molecule has 0 bridgehead atoms. The van der Waals surface area contributed by atoms with E-state index in [1.807, 2.05) is 6.07 Å². The summed E-state index contributed by atoms with van der Waals surface area (Å²) in [5.74, 6) is -1.45. The Kier molecular flexibility index (Phi) is 7.89. The number of ether oxygens (including phenoxy) is 1. The van der Waals surface area contributed by atoms with E-state index < -0.39 is 18.5 Å². The third kappa shape index (κ3) is 5.97. The molecule has 144 valence electrons. The summed E-state index contributed by atoms with van der Waals surface area (Å²) < 4.78 is 6.09. The van der Waals surface area contributed by atoms with Crippen molar-refractivity contribution in [2.75, 3.05) is 11.9 Å². The number of hydrogen-bond donors (Lipinski definition) is 2. The zero-order valence-electron chi connectivity index (χ0n) is 13.8. The number of benzene rings is 2. The normalized spacial score (nSPS) is 10.9. The van der Waals surface area contributed by atoms with Gasteiger partial charge in [0, 0.05) is 5.69 Å². The van der Waals surface area contributed by atoms with Gasteiger partial charge in [0.15, 0.2) is 6.61 Å². The lowest BCUT2D eigenvalue weighted by Crippen LogP contribution is -2.13. The van der Waals surface area contributed by atoms with E-state index in [0.717, 1.165) is 0 Å². The summed E-state index contributed by atoms with van der Waals surface area (Å²) in [7, 11) is 0. The number of amides is 1. The van der Waals surface area contributed by atoms with Gasteiger partial charge in [-0.1, -0.05) is 23.2 Å². The summed E-state index contributed by atoms with van der Waals surface area (Å²) >= 11 is 18.3. The summed E-state index contributed by atoms with van der Waals surface area (Å²) in [4.78, 5) is 23.0. The average Bonchev–Trinajstić information content (AvgIpc) is 2.61. The van der Waals surface area contributed by atoms with Gasteiger partial charge in [0.25, 0.3) is 5.91 Å². The van der Waals surface area contributed by atoms with Crippen LogP contribution in [0.3, 0.4) is 0 Å². The van der Waals surface area contributed by atoms with Gasteiger partial charge in [-0.2, -0.15) is 5.26 Å². The number of hydrogen-bond acceptors (Lipinski definition) is 4. The van der Waals surface area contributed by atoms with Crippen molar-refractivity contribution in [3.63, 3.8) is 0 Å². The summed E-state index contributed by atoms with van der Waals surface area (Å²) in [5.41, 5.74) is 0.756. The zero-order valence-corrected chi connectivity index (χ0v) is 18.5. The Morgan fingerprint density at radius 1 is 1.18 bits per heavy atom. The van der Waals surface area contributed by atoms with Crippen molar-refractivity contribution in [2.24, 2.45) is 0 Å². The molecule has 28 heavy (non-hydrogen) atoms. The fourth-order valence-corrected chi connectivity index (χ4v) is 3.77. The molecule has 0 atom stereocenters. The molecule has 0 aliphatic carbocycles. The number of aliphatic carboxylic acids is 1. The highest BCUT2D eigenvalue weighted by atomic mass is 79.9. The smallest absolute Gasteiger partial charge is 0.341 e. The van der Waals surface area contributed by atoms with Crippen molar-refractivity contribution >= 4 is 78.7 Å². The number of nitriles is 1. The number of nitrogens with one attached hydrogen (secondary N) is 1. The molecule has 2 aromatic rings. The Morgan fingerprint density at radius 3 is 2.36 bits per heavy atom. The van der Waals surface area contributed by atoms with Crippen molar-refractivity contribution in [1.82, 2.24) is 0 Å². The first-order chi connectivity index (χ1) is 13.2. The molecule has 2 aromatic carbocycles. The standard InChI is InChI=1S/C18H10Br2Cl2N2O4/c19-12-4-9(5-13(20)17(12)28-8-16(25)26)3-10(7-23)18(27)24-11-1-2-14(21)15(22)6-11/h1-6H,8H2,(H,24,27)(H,25,26)/b10-3+. The van der Waals surface area contributed by atoms with E-state index >= 15 is 0 Å². The molecule has 0 heterocycles. The van der Waals surface area contributed by atoms with E-state index in [9.17, 15) is 14.9 Å². The van der Waals surface area contributed by atoms with Crippen LogP contribution < -0.4 is 10.1 Å². The molecule has 0 unspecified atom stereocenters. The van der Waals surface area contributed by atoms with Gasteiger partial charge in [0.2, 0.25) is 0 Å². The first-order valence-electron chi connectivity index (χ1n) is 7.43. The van der Waals surface area contributed by atoms with Crippen molar-refractivity contribution in [3.05, 3.63) is 60.5 Å². The van der Waals surface area contributed by atoms with Crippen molar-refractivity contribution in [3.8, 4) is 11.8 Å². The predicted octanol–water partition coefficient (Wildman–Crippen LogP) is 5.53. The number of carbonyl (C=O) groups excluding carboxylic acids is 1. The molecule has 0 radical (unpaired) electrons. The molecule has 0 aliphatic heterocycles. The van der Waals surface area contributed by atoms with Crippen LogP contribution in [0.1, 0.15) is 5.56 Å². The van der Waals surface area contributed by atoms with Crippen molar-refractivity contribution in [2.45, 2.75) is 0 Å². The lowest BCUT2D eigenvalue weighted by atomic mass is 10.1. The summed E-state index contributed by atoms with van der Waals surface area (Å²) in [5, 5.41) is 21.2. The Balaban J connectivity index is 2.25. The minimum atomic E-state index is -1.12. The highest BCUT2D eigenvalue weighted by Gasteiger charge is 2.14. The Morgan fingerprint density at radius 2 is 1.82 bits per heavy atom. The second-order valence-electron chi connectivity index (χ2n) is 5.25. The summed E-state index contributed by atoms with van der Waals surface area (Å²) in [6.07, 6.45) is 1.38. The van der Waals surface area contributed by atoms with Crippen LogP contribution in [-0.4, -0.2) is 23.6 Å². The summed E-state index contributed by atoms with van der Waals surface area (Å²) in [6.45, 7) is -0.512. The maximum atomic E-state index is 12.4. The van der Waals surface area contributed by atoms with Gasteiger partial charge in [-0.15, -0.1) is 0 Å². The number of nitrogens with zero attached hydrogens (tertiary/aromatic N) is 1. The van der Waals surface area contributed by atoms with E-state index in [-0.39, 0.29) is 10.6 Å². The van der Waals surface area contributed by atoms with Crippen molar-refractivity contribution in [1.29, 1.82) is 5.26 Å². The highest BCUT2D eigenvalue weighted by molar-refractivity contribution is 9.11. The van der Waals surface area contributed by atoms with Gasteiger partial charge >= 0.3 is 5.97 Å². The van der Waals surface area contributed by atoms with Crippen LogP contribution in [0.25, 0.3) is 6.08 Å². The number of carbonyl (C=O) groups is 2. The molecule has 1 amide bonds. The largest absolute Gasteiger partial charge is 0.480 e. The molecule has 0 spiro atoms. The number of carboxylic acid groups (broad SMARTS) is 1. The van der Waals surface area contributed by atoms with E-state index in [2.05, 4.69) is 37.2 Å². The van der Waals surface area contributed by atoms with Crippen LogP contribution in [-0.2, 0) is 9.59 Å². The minimum Gasteiger partial charge on any atom is -0.480 e. The van der Waals surface area contributed by atoms with Gasteiger partial charge in [-0.05, 0) is 73.8 Å². The Labute approximate surface area is 187 Å². The SMILES string of the molecule is N#C/C(=C\c1cc(Br)c(OCC(=O)O)c(Br)c1)C(=O)Nc1ccc(Cl)c(Cl)c1. The van der Waals surface area contributed by atoms with Crippen LogP contribution >= 0.6 is 55.1 Å². The van der Waals surface area contributed by atoms with Crippen molar-refractivity contribution < 1.29 is 19.4 Å². The Hall–Kier alpha value is -2.05. The number of carboxylic acids is 1. The van der Waals surface area contributed by atoms with Crippen LogP contribution in [0.2, 0.25) is 10.0 Å². The lowest BCUT2D eigenvalue weighted by Gasteiger charge is -2.10. The van der Waals surface area contributed by atoms with E-state index in [1.54, 1.807) is 18.2 Å². The molecular weight excluding hydrogens is 539 g/mol. The first kappa shape index (κ1) is 22.2. The van der Waals surface area contributed by atoms with Crippen LogP contribution in [0.5, 0.6) is 5.75 Å². The van der Waals surface area contributed by atoms with E-state index in [4.69, 9.17) is 33.0 Å². The molecule has 6 nitrogen and oxygen atoms in total. The van der Waals surface area contributed by atoms with Crippen LogP contribution in [0.4, 0.5) is 5.69 Å². The maximum Gasteiger partial charge on any atom is 0.341 e. The number of anilines is 1. The molecule has 2 rings (SSSR count). The molecule has 0 aromatic heterocycles. The highest BCUT2D eigenvalue weighted by Crippen LogP contribution is 2.35. The molecule has 10 heteroatoms. The molecule has 0 aliphatic rings. The molecule has 0 saturated carbocycles. The fraction of sp³-hybridized carbons (Fsp3) is 0.0556. The molecule has 0 fully saturated rings. The molecule has 0 saturated heterocycles. The van der Waals surface area contributed by atoms with Gasteiger partial charge in [0.1, 0.15) is 17.4 Å². The van der Waals surface area contributed by atoms with Gasteiger partial charge < -0.3 is 15.2 Å². The topological polar surface area (TPSA) is 99.4 Å². The fourth-order valence-electron chi connectivity index (χ4n) is 2.02. The zero-order chi connectivity index (χ0) is 20.8. The molecular formula is C18H10Br2Cl2N2O4. The lowest BCUT2D eigenvalue weighted by molar-refractivity contribution is -0.139. The second-order valence-corrected chi connectivity index (χ2v) is 7.77. The predicted molar refractivity (Wildman–Crippen MR) is 114 cm³/mol. The Bertz CT molecular complexity index is 996. The monoisotopic (exact) mass is 546 g/mol. The minimum absolute atomic E-state index is 0.149. The third-order valence-corrected chi connectivity index (χ3v) is 5.13. The summed E-state index contributed by atoms with van der Waals surface area (Å²) in [6, 6.07) is 9.57. The van der Waals surface area contributed by atoms with Gasteiger partial charge in [-0.3, -0.25) is 4.79 Å². The van der Waals surface area contributed by atoms with Gasteiger partial charge in [0.05, 0.1) is 19.0 Å². The van der Waals surface area contributed by atoms with Crippen LogP contribution in [0.15, 0.2) is 44.9 Å². The third-order valence-electron chi connectivity index (χ3n) is 3.21.